The smallest absolute Gasteiger partial charge is 0.191 e. The van der Waals surface area contributed by atoms with Crippen LogP contribution in [-0.2, 0) is 5.41 Å². The van der Waals surface area contributed by atoms with Gasteiger partial charge in [0, 0.05) is 0 Å². The van der Waals surface area contributed by atoms with Crippen molar-refractivity contribution >= 4 is 11.6 Å². The standard InChI is InChI=1S/C12H19N3/c1-8-7-9(12(2,3)4)5-6-10(8)15-11(13)14/h5-7H,1-4H3,(H4,13,14,15). The molecule has 0 aliphatic carbocycles. The maximum Gasteiger partial charge on any atom is 0.191 e. The molecule has 82 valence electrons. The van der Waals surface area contributed by atoms with Gasteiger partial charge in [0.25, 0.3) is 0 Å². The van der Waals surface area contributed by atoms with Gasteiger partial charge in [-0.15, -0.1) is 0 Å². The zero-order valence-corrected chi connectivity index (χ0v) is 9.83. The van der Waals surface area contributed by atoms with Crippen LogP contribution in [0, 0.1) is 6.92 Å². The molecule has 0 spiro atoms. The minimum absolute atomic E-state index is 0.0987. The van der Waals surface area contributed by atoms with E-state index in [4.69, 9.17) is 11.5 Å². The van der Waals surface area contributed by atoms with E-state index in [0.29, 0.717) is 0 Å². The van der Waals surface area contributed by atoms with Crippen molar-refractivity contribution in [3.05, 3.63) is 29.3 Å². The van der Waals surface area contributed by atoms with Crippen molar-refractivity contribution in [2.75, 3.05) is 0 Å². The molecule has 1 aromatic rings. The van der Waals surface area contributed by atoms with Crippen LogP contribution >= 0.6 is 0 Å². The van der Waals surface area contributed by atoms with Gasteiger partial charge in [-0.05, 0) is 29.5 Å². The molecule has 0 heterocycles. The number of hydrogen-bond acceptors (Lipinski definition) is 1. The van der Waals surface area contributed by atoms with Gasteiger partial charge in [-0.1, -0.05) is 32.9 Å². The van der Waals surface area contributed by atoms with E-state index in [-0.39, 0.29) is 11.4 Å². The van der Waals surface area contributed by atoms with Gasteiger partial charge in [0.2, 0.25) is 0 Å². The number of aliphatic imine (C=N–C) groups is 1. The summed E-state index contributed by atoms with van der Waals surface area (Å²) in [6.45, 7) is 8.56. The Balaban J connectivity index is 3.15. The summed E-state index contributed by atoms with van der Waals surface area (Å²) in [6.07, 6.45) is 0. The Bertz CT molecular complexity index is 382. The molecule has 0 saturated carbocycles. The molecule has 0 aliphatic heterocycles. The lowest BCUT2D eigenvalue weighted by molar-refractivity contribution is 0.590. The highest BCUT2D eigenvalue weighted by Crippen LogP contribution is 2.27. The molecule has 0 aliphatic rings. The van der Waals surface area contributed by atoms with Gasteiger partial charge in [-0.2, -0.15) is 0 Å². The first-order valence-electron chi connectivity index (χ1n) is 5.01. The van der Waals surface area contributed by atoms with E-state index < -0.39 is 0 Å². The summed E-state index contributed by atoms with van der Waals surface area (Å²) < 4.78 is 0. The maximum absolute atomic E-state index is 5.34. The zero-order valence-electron chi connectivity index (χ0n) is 9.83. The van der Waals surface area contributed by atoms with Crippen LogP contribution in [0.3, 0.4) is 0 Å². The quantitative estimate of drug-likeness (QED) is 0.545. The first-order valence-corrected chi connectivity index (χ1v) is 5.01. The number of nitrogens with zero attached hydrogens (tertiary/aromatic N) is 1. The van der Waals surface area contributed by atoms with Crippen LogP contribution < -0.4 is 11.5 Å². The highest BCUT2D eigenvalue weighted by atomic mass is 15.0. The highest BCUT2D eigenvalue weighted by Gasteiger charge is 2.14. The Morgan fingerprint density at radius 1 is 1.20 bits per heavy atom. The van der Waals surface area contributed by atoms with Crippen LogP contribution in [0.25, 0.3) is 0 Å². The Morgan fingerprint density at radius 2 is 1.80 bits per heavy atom. The van der Waals surface area contributed by atoms with Gasteiger partial charge in [0.05, 0.1) is 5.69 Å². The average Bonchev–Trinajstić information content (AvgIpc) is 2.05. The average molecular weight is 205 g/mol. The predicted molar refractivity (Wildman–Crippen MR) is 65.3 cm³/mol. The molecule has 3 heteroatoms. The second kappa shape index (κ2) is 3.93. The van der Waals surface area contributed by atoms with Crippen molar-refractivity contribution in [2.45, 2.75) is 33.1 Å². The third-order valence-electron chi connectivity index (χ3n) is 2.31. The molecule has 3 nitrogen and oxygen atoms in total. The Hall–Kier alpha value is -1.51. The van der Waals surface area contributed by atoms with Gasteiger partial charge in [0.1, 0.15) is 0 Å². The van der Waals surface area contributed by atoms with E-state index in [2.05, 4.69) is 37.9 Å². The van der Waals surface area contributed by atoms with Crippen LogP contribution in [0.15, 0.2) is 23.2 Å². The number of rotatable bonds is 1. The first kappa shape index (κ1) is 11.6. The van der Waals surface area contributed by atoms with Crippen LogP contribution in [0.2, 0.25) is 0 Å². The van der Waals surface area contributed by atoms with E-state index in [9.17, 15) is 0 Å². The lowest BCUT2D eigenvalue weighted by Crippen LogP contribution is -2.22. The number of hydrogen-bond donors (Lipinski definition) is 2. The van der Waals surface area contributed by atoms with Gasteiger partial charge >= 0.3 is 0 Å². The third-order valence-corrected chi connectivity index (χ3v) is 2.31. The van der Waals surface area contributed by atoms with Gasteiger partial charge in [-0.3, -0.25) is 0 Å². The summed E-state index contributed by atoms with van der Waals surface area (Å²) in [5.41, 5.74) is 14.1. The molecule has 0 radical (unpaired) electrons. The van der Waals surface area contributed by atoms with E-state index in [1.807, 2.05) is 13.0 Å². The monoisotopic (exact) mass is 205 g/mol. The Morgan fingerprint density at radius 3 is 2.20 bits per heavy atom. The van der Waals surface area contributed by atoms with Crippen molar-refractivity contribution in [1.82, 2.24) is 0 Å². The zero-order chi connectivity index (χ0) is 11.6. The van der Waals surface area contributed by atoms with Crippen molar-refractivity contribution in [2.24, 2.45) is 16.5 Å². The molecule has 4 N–H and O–H groups in total. The topological polar surface area (TPSA) is 64.4 Å². The van der Waals surface area contributed by atoms with Crippen molar-refractivity contribution in [3.8, 4) is 0 Å². The minimum Gasteiger partial charge on any atom is -0.370 e. The number of nitrogens with two attached hydrogens (primary N) is 2. The molecular weight excluding hydrogens is 186 g/mol. The van der Waals surface area contributed by atoms with Crippen LogP contribution in [0.5, 0.6) is 0 Å². The molecule has 1 aromatic carbocycles. The fourth-order valence-corrected chi connectivity index (χ4v) is 1.39. The van der Waals surface area contributed by atoms with Gasteiger partial charge in [0.15, 0.2) is 5.96 Å². The van der Waals surface area contributed by atoms with E-state index in [0.717, 1.165) is 11.3 Å². The molecule has 1 rings (SSSR count). The number of aryl methyl sites for hydroxylation is 1. The van der Waals surface area contributed by atoms with Gasteiger partial charge in [-0.25, -0.2) is 4.99 Å². The summed E-state index contributed by atoms with van der Waals surface area (Å²) in [6, 6.07) is 6.15. The summed E-state index contributed by atoms with van der Waals surface area (Å²) in [5, 5.41) is 0. The molecule has 0 amide bonds. The van der Waals surface area contributed by atoms with Crippen molar-refractivity contribution in [1.29, 1.82) is 0 Å². The molecule has 0 atom stereocenters. The second-order valence-corrected chi connectivity index (χ2v) is 4.79. The normalized spacial score (nSPS) is 11.2. The number of benzene rings is 1. The molecule has 0 aromatic heterocycles. The highest BCUT2D eigenvalue weighted by molar-refractivity contribution is 5.79. The Labute approximate surface area is 91.2 Å². The largest absolute Gasteiger partial charge is 0.370 e. The lowest BCUT2D eigenvalue weighted by Gasteiger charge is -2.19. The van der Waals surface area contributed by atoms with Crippen molar-refractivity contribution < 1.29 is 0 Å². The van der Waals surface area contributed by atoms with Crippen LogP contribution in [0.1, 0.15) is 31.9 Å². The maximum atomic E-state index is 5.34. The van der Waals surface area contributed by atoms with Gasteiger partial charge < -0.3 is 11.5 Å². The predicted octanol–water partition coefficient (Wildman–Crippen LogP) is 2.20. The fraction of sp³-hybridized carbons (Fsp3) is 0.417. The van der Waals surface area contributed by atoms with E-state index in [1.165, 1.54) is 5.56 Å². The third kappa shape index (κ3) is 2.98. The Kier molecular flexibility index (Phi) is 3.03. The second-order valence-electron chi connectivity index (χ2n) is 4.79. The summed E-state index contributed by atoms with van der Waals surface area (Å²) in [4.78, 5) is 4.05. The molecule has 0 bridgehead atoms. The summed E-state index contributed by atoms with van der Waals surface area (Å²) in [5.74, 6) is 0.0987. The van der Waals surface area contributed by atoms with Crippen LogP contribution in [0.4, 0.5) is 5.69 Å². The SMILES string of the molecule is Cc1cc(C(C)(C)C)ccc1N=C(N)N. The van der Waals surface area contributed by atoms with E-state index >= 15 is 0 Å². The summed E-state index contributed by atoms with van der Waals surface area (Å²) >= 11 is 0. The molecule has 0 unspecified atom stereocenters. The van der Waals surface area contributed by atoms with Crippen LogP contribution in [-0.4, -0.2) is 5.96 Å². The lowest BCUT2D eigenvalue weighted by atomic mass is 9.86. The molecule has 15 heavy (non-hydrogen) atoms. The number of guanidine groups is 1. The molecule has 0 saturated heterocycles. The fourth-order valence-electron chi connectivity index (χ4n) is 1.39. The first-order chi connectivity index (χ1) is 6.80. The van der Waals surface area contributed by atoms with Crippen molar-refractivity contribution in [3.63, 3.8) is 0 Å². The molecular formula is C12H19N3. The summed E-state index contributed by atoms with van der Waals surface area (Å²) in [7, 11) is 0. The van der Waals surface area contributed by atoms with E-state index in [1.54, 1.807) is 0 Å². The minimum atomic E-state index is 0.0987. The molecule has 0 fully saturated rings.